The summed E-state index contributed by atoms with van der Waals surface area (Å²) in [5.74, 6) is -0.672. The molecule has 72 valence electrons. The first-order valence-electron chi connectivity index (χ1n) is 4.22. The van der Waals surface area contributed by atoms with Gasteiger partial charge >= 0.3 is 5.97 Å². The average molecular weight is 194 g/mol. The van der Waals surface area contributed by atoms with Crippen molar-refractivity contribution in [3.05, 3.63) is 0 Å². The van der Waals surface area contributed by atoms with Crippen LogP contribution in [0.3, 0.4) is 0 Å². The minimum absolute atomic E-state index is 0. The van der Waals surface area contributed by atoms with Gasteiger partial charge in [-0.2, -0.15) is 0 Å². The van der Waals surface area contributed by atoms with Crippen molar-refractivity contribution in [3.8, 4) is 0 Å². The third kappa shape index (κ3) is 2.64. The summed E-state index contributed by atoms with van der Waals surface area (Å²) in [6.07, 6.45) is 3.03. The number of halogens is 1. The van der Waals surface area contributed by atoms with Crippen molar-refractivity contribution in [1.82, 2.24) is 4.90 Å². The highest BCUT2D eigenvalue weighted by Crippen LogP contribution is 2.13. The van der Waals surface area contributed by atoms with Crippen LogP contribution in [0.15, 0.2) is 0 Å². The second kappa shape index (κ2) is 5.38. The number of hydrogen-bond acceptors (Lipinski definition) is 2. The largest absolute Gasteiger partial charge is 0.480 e. The maximum absolute atomic E-state index is 10.7. The van der Waals surface area contributed by atoms with Crippen LogP contribution in [0.2, 0.25) is 0 Å². The molecule has 3 nitrogen and oxygen atoms in total. The first-order valence-corrected chi connectivity index (χ1v) is 4.22. The SMILES string of the molecule is CCC(C(=O)O)N1CCCC1.Cl. The molecule has 0 saturated carbocycles. The molecular weight excluding hydrogens is 178 g/mol. The molecule has 0 bridgehead atoms. The first-order chi connectivity index (χ1) is 5.25. The third-order valence-corrected chi connectivity index (χ3v) is 2.25. The van der Waals surface area contributed by atoms with Gasteiger partial charge in [0.1, 0.15) is 6.04 Å². The minimum atomic E-state index is -0.672. The third-order valence-electron chi connectivity index (χ3n) is 2.25. The molecule has 1 atom stereocenters. The lowest BCUT2D eigenvalue weighted by Crippen LogP contribution is -2.38. The van der Waals surface area contributed by atoms with Crippen LogP contribution in [0.5, 0.6) is 0 Å². The van der Waals surface area contributed by atoms with Crippen LogP contribution in [0, 0.1) is 0 Å². The van der Waals surface area contributed by atoms with Crippen LogP contribution < -0.4 is 0 Å². The van der Waals surface area contributed by atoms with Gasteiger partial charge in [0.05, 0.1) is 0 Å². The summed E-state index contributed by atoms with van der Waals surface area (Å²) in [5, 5.41) is 8.79. The van der Waals surface area contributed by atoms with Gasteiger partial charge in [0.2, 0.25) is 0 Å². The zero-order valence-electron chi connectivity index (χ0n) is 7.32. The second-order valence-corrected chi connectivity index (χ2v) is 3.01. The molecule has 0 spiro atoms. The topological polar surface area (TPSA) is 40.5 Å². The van der Waals surface area contributed by atoms with Crippen molar-refractivity contribution in [3.63, 3.8) is 0 Å². The van der Waals surface area contributed by atoms with Crippen molar-refractivity contribution in [2.24, 2.45) is 0 Å². The predicted octanol–water partition coefficient (Wildman–Crippen LogP) is 1.37. The van der Waals surface area contributed by atoms with Crippen LogP contribution >= 0.6 is 12.4 Å². The van der Waals surface area contributed by atoms with E-state index >= 15 is 0 Å². The molecule has 1 heterocycles. The van der Waals surface area contributed by atoms with Crippen molar-refractivity contribution < 1.29 is 9.90 Å². The van der Waals surface area contributed by atoms with E-state index in [-0.39, 0.29) is 18.4 Å². The molecule has 0 aromatic rings. The Balaban J connectivity index is 0.00000121. The Labute approximate surface area is 79.2 Å². The van der Waals surface area contributed by atoms with Gasteiger partial charge in [0.25, 0.3) is 0 Å². The summed E-state index contributed by atoms with van der Waals surface area (Å²) in [6.45, 7) is 3.85. The molecule has 1 rings (SSSR count). The summed E-state index contributed by atoms with van der Waals surface area (Å²) in [7, 11) is 0. The highest BCUT2D eigenvalue weighted by atomic mass is 35.5. The fourth-order valence-corrected chi connectivity index (χ4v) is 1.64. The molecule has 0 aliphatic carbocycles. The first kappa shape index (κ1) is 11.7. The lowest BCUT2D eigenvalue weighted by molar-refractivity contribution is -0.143. The van der Waals surface area contributed by atoms with Gasteiger partial charge in [0.15, 0.2) is 0 Å². The predicted molar refractivity (Wildman–Crippen MR) is 49.8 cm³/mol. The van der Waals surface area contributed by atoms with Crippen molar-refractivity contribution in [2.75, 3.05) is 13.1 Å². The maximum atomic E-state index is 10.7. The number of carboxylic acid groups (broad SMARTS) is 1. The Bertz CT molecular complexity index is 146. The Kier molecular flexibility index (Phi) is 5.25. The molecule has 1 N–H and O–H groups in total. The number of hydrogen-bond donors (Lipinski definition) is 1. The lowest BCUT2D eigenvalue weighted by Gasteiger charge is -2.21. The van der Waals surface area contributed by atoms with Gasteiger partial charge in [-0.25, -0.2) is 0 Å². The summed E-state index contributed by atoms with van der Waals surface area (Å²) in [4.78, 5) is 12.7. The van der Waals surface area contributed by atoms with Crippen molar-refractivity contribution in [2.45, 2.75) is 32.2 Å². The molecule has 1 saturated heterocycles. The van der Waals surface area contributed by atoms with E-state index in [1.807, 2.05) is 6.92 Å². The normalized spacial score (nSPS) is 20.1. The highest BCUT2D eigenvalue weighted by Gasteiger charge is 2.25. The van der Waals surface area contributed by atoms with E-state index in [1.165, 1.54) is 0 Å². The van der Waals surface area contributed by atoms with E-state index in [1.54, 1.807) is 0 Å². The lowest BCUT2D eigenvalue weighted by atomic mass is 10.2. The van der Waals surface area contributed by atoms with Crippen LogP contribution in [0.1, 0.15) is 26.2 Å². The van der Waals surface area contributed by atoms with Gasteiger partial charge < -0.3 is 5.11 Å². The van der Waals surface area contributed by atoms with Gasteiger partial charge in [-0.3, -0.25) is 9.69 Å². The Morgan fingerprint density at radius 3 is 2.33 bits per heavy atom. The Morgan fingerprint density at radius 2 is 2.00 bits per heavy atom. The van der Waals surface area contributed by atoms with Gasteiger partial charge in [0, 0.05) is 0 Å². The van der Waals surface area contributed by atoms with E-state index < -0.39 is 5.97 Å². The fourth-order valence-electron chi connectivity index (χ4n) is 1.64. The second-order valence-electron chi connectivity index (χ2n) is 3.01. The summed E-state index contributed by atoms with van der Waals surface area (Å²) < 4.78 is 0. The van der Waals surface area contributed by atoms with Crippen molar-refractivity contribution >= 4 is 18.4 Å². The summed E-state index contributed by atoms with van der Waals surface area (Å²) in [5.41, 5.74) is 0. The smallest absolute Gasteiger partial charge is 0.320 e. The molecule has 1 aliphatic rings. The number of carbonyl (C=O) groups is 1. The van der Waals surface area contributed by atoms with Crippen LogP contribution in [-0.4, -0.2) is 35.1 Å². The fraction of sp³-hybridized carbons (Fsp3) is 0.875. The molecule has 4 heteroatoms. The molecule has 1 fully saturated rings. The molecule has 0 aromatic heterocycles. The molecule has 1 aliphatic heterocycles. The highest BCUT2D eigenvalue weighted by molar-refractivity contribution is 5.85. The number of carboxylic acids is 1. The number of likely N-dealkylation sites (tertiary alicyclic amines) is 1. The molecule has 0 amide bonds. The maximum Gasteiger partial charge on any atom is 0.320 e. The zero-order valence-corrected chi connectivity index (χ0v) is 8.14. The number of nitrogens with zero attached hydrogens (tertiary/aromatic N) is 1. The van der Waals surface area contributed by atoms with E-state index in [2.05, 4.69) is 4.90 Å². The van der Waals surface area contributed by atoms with E-state index in [0.29, 0.717) is 0 Å². The van der Waals surface area contributed by atoms with E-state index in [4.69, 9.17) is 5.11 Å². The summed E-state index contributed by atoms with van der Waals surface area (Å²) in [6, 6.07) is -0.238. The van der Waals surface area contributed by atoms with Crippen LogP contribution in [0.4, 0.5) is 0 Å². The monoisotopic (exact) mass is 193 g/mol. The Morgan fingerprint density at radius 1 is 1.50 bits per heavy atom. The quantitative estimate of drug-likeness (QED) is 0.736. The van der Waals surface area contributed by atoms with Crippen LogP contribution in [0.25, 0.3) is 0 Å². The summed E-state index contributed by atoms with van der Waals surface area (Å²) >= 11 is 0. The number of rotatable bonds is 3. The molecular formula is C8H16ClNO2. The molecule has 0 radical (unpaired) electrons. The molecule has 12 heavy (non-hydrogen) atoms. The number of aliphatic carboxylic acids is 1. The van der Waals surface area contributed by atoms with Crippen molar-refractivity contribution in [1.29, 1.82) is 0 Å². The van der Waals surface area contributed by atoms with Crippen LogP contribution in [-0.2, 0) is 4.79 Å². The van der Waals surface area contributed by atoms with Gasteiger partial charge in [-0.1, -0.05) is 6.92 Å². The average Bonchev–Trinajstić information content (AvgIpc) is 2.40. The molecule has 0 aromatic carbocycles. The van der Waals surface area contributed by atoms with Gasteiger partial charge in [-0.15, -0.1) is 12.4 Å². The Hall–Kier alpha value is -0.280. The van der Waals surface area contributed by atoms with E-state index in [9.17, 15) is 4.79 Å². The molecule has 1 unspecified atom stereocenters. The standard InChI is InChI=1S/C8H15NO2.ClH/c1-2-7(8(10)11)9-5-3-4-6-9;/h7H,2-6H2,1H3,(H,10,11);1H. The zero-order chi connectivity index (χ0) is 8.27. The van der Waals surface area contributed by atoms with E-state index in [0.717, 1.165) is 32.4 Å². The minimum Gasteiger partial charge on any atom is -0.480 e. The van der Waals surface area contributed by atoms with Gasteiger partial charge in [-0.05, 0) is 32.4 Å².